The molecule has 2 fully saturated rings. The predicted molar refractivity (Wildman–Crippen MR) is 79.0 cm³/mol. The van der Waals surface area contributed by atoms with Gasteiger partial charge in [-0.25, -0.2) is 0 Å². The van der Waals surface area contributed by atoms with Gasteiger partial charge in [0.2, 0.25) is 0 Å². The van der Waals surface area contributed by atoms with Crippen LogP contribution in [-0.2, 0) is 47.7 Å². The third-order valence-corrected chi connectivity index (χ3v) is 5.03. The molecule has 0 heterocycles. The van der Waals surface area contributed by atoms with E-state index >= 15 is 0 Å². The van der Waals surface area contributed by atoms with Crippen molar-refractivity contribution >= 4 is 35.4 Å². The number of hydrogen-bond acceptors (Lipinski definition) is 10. The number of esters is 4. The lowest BCUT2D eigenvalue weighted by molar-refractivity contribution is -0.156. The number of Topliss-reactive ketones (excluding diaryl/α,β-unsaturated/α-hetero) is 2. The highest BCUT2D eigenvalue weighted by atomic mass is 16.5. The summed E-state index contributed by atoms with van der Waals surface area (Å²) in [7, 11) is 4.10. The van der Waals surface area contributed by atoms with Gasteiger partial charge in [-0.3, -0.25) is 28.8 Å². The van der Waals surface area contributed by atoms with Gasteiger partial charge >= 0.3 is 23.9 Å². The first-order valence-electron chi connectivity index (χ1n) is 7.65. The fourth-order valence-electron chi connectivity index (χ4n) is 4.02. The second-order valence-corrected chi connectivity index (χ2v) is 5.96. The van der Waals surface area contributed by atoms with Crippen LogP contribution in [0.1, 0.15) is 0 Å². The number of ketones is 2. The van der Waals surface area contributed by atoms with Gasteiger partial charge in [0.05, 0.1) is 28.4 Å². The first-order chi connectivity index (χ1) is 12.3. The molecule has 4 unspecified atom stereocenters. The van der Waals surface area contributed by atoms with E-state index < -0.39 is 71.0 Å². The summed E-state index contributed by atoms with van der Waals surface area (Å²) in [4.78, 5) is 74.1. The zero-order valence-electron chi connectivity index (χ0n) is 14.5. The molecule has 10 nitrogen and oxygen atoms in total. The quantitative estimate of drug-likeness (QED) is 0.328. The van der Waals surface area contributed by atoms with Crippen LogP contribution in [0.5, 0.6) is 0 Å². The largest absolute Gasteiger partial charge is 0.468 e. The monoisotopic (exact) mass is 370 g/mol. The third kappa shape index (κ3) is 2.65. The molecule has 2 aliphatic carbocycles. The molecular formula is C16H18O10. The Bertz CT molecular complexity index is 571. The molecule has 4 atom stereocenters. The summed E-state index contributed by atoms with van der Waals surface area (Å²) in [5.41, 5.74) is 0. The van der Waals surface area contributed by atoms with Gasteiger partial charge in [0.15, 0.2) is 11.6 Å². The Balaban J connectivity index is 2.67. The molecule has 0 aliphatic heterocycles. The van der Waals surface area contributed by atoms with Crippen LogP contribution in [0.2, 0.25) is 0 Å². The number of methoxy groups -OCH3 is 4. The van der Waals surface area contributed by atoms with E-state index in [4.69, 9.17) is 0 Å². The molecule has 2 aliphatic rings. The number of carbonyl (C=O) groups excluding carboxylic acids is 6. The van der Waals surface area contributed by atoms with Gasteiger partial charge in [0.25, 0.3) is 0 Å². The Morgan fingerprint density at radius 3 is 0.885 bits per heavy atom. The van der Waals surface area contributed by atoms with Gasteiger partial charge in [-0.05, 0) is 0 Å². The first-order valence-corrected chi connectivity index (χ1v) is 7.65. The maximum Gasteiger partial charge on any atom is 0.316 e. The SMILES string of the molecule is COC(=O)C1C(=O)C(C(=O)OC)[C@H]2C(C(=O)OC)C(=O)C(C(=O)OC)[C@@H]12. The molecule has 26 heavy (non-hydrogen) atoms. The number of rotatable bonds is 4. The van der Waals surface area contributed by atoms with Gasteiger partial charge in [-0.2, -0.15) is 0 Å². The van der Waals surface area contributed by atoms with Gasteiger partial charge in [0, 0.05) is 11.8 Å². The fourth-order valence-corrected chi connectivity index (χ4v) is 4.02. The van der Waals surface area contributed by atoms with Crippen LogP contribution in [0, 0.1) is 35.5 Å². The Morgan fingerprint density at radius 2 is 0.731 bits per heavy atom. The van der Waals surface area contributed by atoms with E-state index in [1.54, 1.807) is 0 Å². The molecule has 142 valence electrons. The van der Waals surface area contributed by atoms with Crippen molar-refractivity contribution < 1.29 is 47.7 Å². The van der Waals surface area contributed by atoms with Crippen molar-refractivity contribution in [2.45, 2.75) is 0 Å². The molecule has 0 amide bonds. The summed E-state index contributed by atoms with van der Waals surface area (Å²) >= 11 is 0. The Morgan fingerprint density at radius 1 is 0.538 bits per heavy atom. The molecule has 2 saturated carbocycles. The lowest BCUT2D eigenvalue weighted by Crippen LogP contribution is -2.39. The van der Waals surface area contributed by atoms with Crippen LogP contribution >= 0.6 is 0 Å². The van der Waals surface area contributed by atoms with E-state index in [0.717, 1.165) is 28.4 Å². The highest BCUT2D eigenvalue weighted by Gasteiger charge is 2.70. The molecular weight excluding hydrogens is 352 g/mol. The minimum absolute atomic E-state index is 0.867. The van der Waals surface area contributed by atoms with Gasteiger partial charge in [-0.15, -0.1) is 0 Å². The minimum atomic E-state index is -1.57. The summed E-state index contributed by atoms with van der Waals surface area (Å²) in [5, 5.41) is 0. The zero-order valence-corrected chi connectivity index (χ0v) is 14.5. The summed E-state index contributed by atoms with van der Waals surface area (Å²) in [6.45, 7) is 0. The minimum Gasteiger partial charge on any atom is -0.468 e. The second-order valence-electron chi connectivity index (χ2n) is 5.96. The summed E-state index contributed by atoms with van der Waals surface area (Å²) in [6, 6.07) is 0. The average Bonchev–Trinajstić information content (AvgIpc) is 3.08. The molecule has 0 aromatic rings. The van der Waals surface area contributed by atoms with E-state index in [1.807, 2.05) is 0 Å². The molecule has 0 N–H and O–H groups in total. The van der Waals surface area contributed by atoms with Crippen LogP contribution in [0.15, 0.2) is 0 Å². The van der Waals surface area contributed by atoms with Crippen molar-refractivity contribution in [2.24, 2.45) is 35.5 Å². The van der Waals surface area contributed by atoms with Crippen molar-refractivity contribution in [3.63, 3.8) is 0 Å². The van der Waals surface area contributed by atoms with Crippen molar-refractivity contribution in [1.82, 2.24) is 0 Å². The molecule has 0 aromatic carbocycles. The third-order valence-electron chi connectivity index (χ3n) is 5.03. The van der Waals surface area contributed by atoms with Gasteiger partial charge in [-0.1, -0.05) is 0 Å². The Labute approximate surface area is 148 Å². The van der Waals surface area contributed by atoms with E-state index in [0.29, 0.717) is 0 Å². The lowest BCUT2D eigenvalue weighted by Gasteiger charge is -2.20. The average molecular weight is 370 g/mol. The fraction of sp³-hybridized carbons (Fsp3) is 0.625. The number of hydrogen-bond donors (Lipinski definition) is 0. The van der Waals surface area contributed by atoms with Crippen molar-refractivity contribution in [3.05, 3.63) is 0 Å². The topological polar surface area (TPSA) is 139 Å². The van der Waals surface area contributed by atoms with Crippen molar-refractivity contribution in [3.8, 4) is 0 Å². The van der Waals surface area contributed by atoms with Crippen LogP contribution in [0.25, 0.3) is 0 Å². The van der Waals surface area contributed by atoms with Crippen LogP contribution < -0.4 is 0 Å². The highest BCUT2D eigenvalue weighted by molar-refractivity contribution is 6.18. The number of fused-ring (bicyclic) bond motifs is 1. The first kappa shape index (κ1) is 19.5. The van der Waals surface area contributed by atoms with Crippen molar-refractivity contribution in [2.75, 3.05) is 28.4 Å². The van der Waals surface area contributed by atoms with Crippen LogP contribution in [-0.4, -0.2) is 63.9 Å². The summed E-state index contributed by atoms with van der Waals surface area (Å²) < 4.78 is 18.4. The zero-order chi connectivity index (χ0) is 19.8. The highest BCUT2D eigenvalue weighted by Crippen LogP contribution is 2.54. The maximum absolute atomic E-state index is 12.7. The predicted octanol–water partition coefficient (Wildman–Crippen LogP) is -1.46. The van der Waals surface area contributed by atoms with Gasteiger partial charge in [0.1, 0.15) is 23.7 Å². The van der Waals surface area contributed by atoms with Crippen molar-refractivity contribution in [1.29, 1.82) is 0 Å². The number of carbonyl (C=O) groups is 6. The number of ether oxygens (including phenoxy) is 4. The van der Waals surface area contributed by atoms with E-state index in [9.17, 15) is 28.8 Å². The molecule has 0 spiro atoms. The Hall–Kier alpha value is -2.78. The maximum atomic E-state index is 12.7. The van der Waals surface area contributed by atoms with Crippen LogP contribution in [0.4, 0.5) is 0 Å². The van der Waals surface area contributed by atoms with Gasteiger partial charge < -0.3 is 18.9 Å². The molecule has 0 aromatic heterocycles. The summed E-state index contributed by atoms with van der Waals surface area (Å²) in [5.74, 6) is -14.6. The molecule has 0 saturated heterocycles. The lowest BCUT2D eigenvalue weighted by atomic mass is 9.82. The molecule has 2 rings (SSSR count). The normalized spacial score (nSPS) is 32.6. The summed E-state index contributed by atoms with van der Waals surface area (Å²) in [6.07, 6.45) is 0. The molecule has 0 radical (unpaired) electrons. The molecule has 10 heteroatoms. The van der Waals surface area contributed by atoms with E-state index in [-0.39, 0.29) is 0 Å². The van der Waals surface area contributed by atoms with E-state index in [1.165, 1.54) is 0 Å². The van der Waals surface area contributed by atoms with E-state index in [2.05, 4.69) is 18.9 Å². The second kappa shape index (κ2) is 7.22. The molecule has 0 bridgehead atoms. The Kier molecular flexibility index (Phi) is 5.43. The standard InChI is InChI=1S/C16H18O10/c1-23-13(19)7-5-6(9(11(7)17)15(21)25-3)10(16(22)26-4)12(18)8(5)14(20)24-2/h5-10H,1-4H3/t5-,6+,7?,8?,9?,10?. The van der Waals surface area contributed by atoms with Crippen LogP contribution in [0.3, 0.4) is 0 Å². The smallest absolute Gasteiger partial charge is 0.316 e.